The molecule has 0 N–H and O–H groups in total. The van der Waals surface area contributed by atoms with Gasteiger partial charge in [-0.15, -0.1) is 12.6 Å². The van der Waals surface area contributed by atoms with Gasteiger partial charge in [0.05, 0.1) is 0 Å². The molecule has 3 aromatic rings. The number of benzene rings is 3. The summed E-state index contributed by atoms with van der Waals surface area (Å²) in [6.07, 6.45) is 0. The highest BCUT2D eigenvalue weighted by molar-refractivity contribution is 8.03. The van der Waals surface area contributed by atoms with Gasteiger partial charge < -0.3 is 0 Å². The van der Waals surface area contributed by atoms with Gasteiger partial charge in [-0.1, -0.05) is 42.5 Å². The third-order valence-corrected chi connectivity index (χ3v) is 4.65. The second-order valence-corrected chi connectivity index (χ2v) is 6.67. The Labute approximate surface area is 146 Å². The van der Waals surface area contributed by atoms with E-state index in [1.165, 1.54) is 39.6 Å². The van der Waals surface area contributed by atoms with Crippen LogP contribution in [0.15, 0.2) is 76.5 Å². The zero-order valence-electron chi connectivity index (χ0n) is 12.7. The van der Waals surface area contributed by atoms with Crippen molar-refractivity contribution >= 4 is 24.4 Å². The quantitative estimate of drug-likeness (QED) is 0.351. The van der Waals surface area contributed by atoms with Crippen molar-refractivity contribution in [1.82, 2.24) is 0 Å². The first-order valence-electron chi connectivity index (χ1n) is 7.24. The first-order chi connectivity index (χ1) is 11.2. The van der Waals surface area contributed by atoms with Crippen LogP contribution in [-0.2, 0) is 0 Å². The van der Waals surface area contributed by atoms with Gasteiger partial charge in [-0.05, 0) is 70.8 Å². The van der Waals surface area contributed by atoms with Gasteiger partial charge in [-0.3, -0.25) is 0 Å². The number of hydrogen-bond acceptors (Lipinski definition) is 3. The minimum atomic E-state index is 0.970. The first kappa shape index (κ1) is 15.7. The van der Waals surface area contributed by atoms with Crippen molar-refractivity contribution in [1.29, 1.82) is 5.26 Å². The number of thiol groups is 1. The molecule has 3 heteroatoms. The summed E-state index contributed by atoms with van der Waals surface area (Å²) in [5.74, 6) is 0. The lowest BCUT2D eigenvalue weighted by atomic mass is 9.96. The second kappa shape index (κ2) is 6.95. The van der Waals surface area contributed by atoms with Gasteiger partial charge in [-0.2, -0.15) is 5.26 Å². The van der Waals surface area contributed by atoms with E-state index >= 15 is 0 Å². The molecule has 0 unspecified atom stereocenters. The Morgan fingerprint density at radius 3 is 2.04 bits per heavy atom. The summed E-state index contributed by atoms with van der Waals surface area (Å²) in [4.78, 5) is 1.94. The Morgan fingerprint density at radius 1 is 0.826 bits per heavy atom. The van der Waals surface area contributed by atoms with E-state index in [9.17, 15) is 0 Å². The molecule has 0 aromatic heterocycles. The van der Waals surface area contributed by atoms with Gasteiger partial charge in [0.25, 0.3) is 0 Å². The lowest BCUT2D eigenvalue weighted by Gasteiger charge is -2.10. The molecule has 0 heterocycles. The maximum atomic E-state index is 8.71. The van der Waals surface area contributed by atoms with E-state index in [1.807, 2.05) is 24.3 Å². The molecule has 0 spiro atoms. The Morgan fingerprint density at radius 2 is 1.43 bits per heavy atom. The molecular formula is C20H15NS2. The third kappa shape index (κ3) is 3.61. The van der Waals surface area contributed by atoms with Crippen LogP contribution in [0.5, 0.6) is 0 Å². The summed E-state index contributed by atoms with van der Waals surface area (Å²) < 4.78 is 0. The number of hydrogen-bond donors (Lipinski definition) is 1. The van der Waals surface area contributed by atoms with Crippen LogP contribution in [0, 0.1) is 17.6 Å². The molecule has 112 valence electrons. The number of nitriles is 1. The number of rotatable bonds is 3. The van der Waals surface area contributed by atoms with Gasteiger partial charge in [0, 0.05) is 9.79 Å². The fraction of sp³-hybridized carbons (Fsp3) is 0.0500. The van der Waals surface area contributed by atoms with Crippen LogP contribution in [0.3, 0.4) is 0 Å². The number of aryl methyl sites for hydroxylation is 1. The molecule has 0 aliphatic carbocycles. The smallest absolute Gasteiger partial charge is 0.138 e. The van der Waals surface area contributed by atoms with E-state index in [0.717, 1.165) is 9.79 Å². The first-order valence-corrected chi connectivity index (χ1v) is 8.50. The highest BCUT2D eigenvalue weighted by atomic mass is 32.2. The molecule has 0 aliphatic heterocycles. The highest BCUT2D eigenvalue weighted by Crippen LogP contribution is 2.30. The molecule has 0 bridgehead atoms. The molecular weight excluding hydrogens is 318 g/mol. The van der Waals surface area contributed by atoms with Crippen molar-refractivity contribution < 1.29 is 0 Å². The van der Waals surface area contributed by atoms with Crippen molar-refractivity contribution in [2.24, 2.45) is 0 Å². The van der Waals surface area contributed by atoms with Crippen LogP contribution < -0.4 is 0 Å². The van der Waals surface area contributed by atoms with Gasteiger partial charge in [-0.25, -0.2) is 0 Å². The maximum absolute atomic E-state index is 8.71. The predicted molar refractivity (Wildman–Crippen MR) is 101 cm³/mol. The third-order valence-electron chi connectivity index (χ3n) is 3.76. The van der Waals surface area contributed by atoms with Crippen LogP contribution in [-0.4, -0.2) is 0 Å². The Kier molecular flexibility index (Phi) is 4.76. The molecule has 0 amide bonds. The van der Waals surface area contributed by atoms with Gasteiger partial charge in [0.2, 0.25) is 0 Å². The molecule has 0 saturated carbocycles. The lowest BCUT2D eigenvalue weighted by Crippen LogP contribution is -1.86. The van der Waals surface area contributed by atoms with E-state index in [1.54, 1.807) is 0 Å². The van der Waals surface area contributed by atoms with E-state index < -0.39 is 0 Å². The standard InChI is InChI=1S/C20H15NS2/c1-14-12-17(15-2-7-18(22)8-3-15)6-11-20(14)16-4-9-19(10-5-16)23-13-21/h2-12,22H,1H3. The normalized spacial score (nSPS) is 10.3. The number of nitrogens with zero attached hydrogens (tertiary/aromatic N) is 1. The average Bonchev–Trinajstić information content (AvgIpc) is 2.57. The molecule has 1 nitrogen and oxygen atoms in total. The fourth-order valence-electron chi connectivity index (χ4n) is 2.58. The molecule has 0 saturated heterocycles. The van der Waals surface area contributed by atoms with Crippen LogP contribution in [0.2, 0.25) is 0 Å². The summed E-state index contributed by atoms with van der Waals surface area (Å²) in [6.45, 7) is 2.13. The molecule has 0 fully saturated rings. The molecule has 0 radical (unpaired) electrons. The minimum absolute atomic E-state index is 0.970. The van der Waals surface area contributed by atoms with Crippen LogP contribution in [0.25, 0.3) is 22.3 Å². The summed E-state index contributed by atoms with van der Waals surface area (Å²) >= 11 is 5.51. The van der Waals surface area contributed by atoms with Crippen molar-refractivity contribution in [2.45, 2.75) is 16.7 Å². The SMILES string of the molecule is Cc1cc(-c2ccc(S)cc2)ccc1-c1ccc(SC#N)cc1. The van der Waals surface area contributed by atoms with Gasteiger partial charge in [0.15, 0.2) is 0 Å². The van der Waals surface area contributed by atoms with Crippen molar-refractivity contribution in [3.05, 3.63) is 72.3 Å². The van der Waals surface area contributed by atoms with Crippen molar-refractivity contribution in [3.63, 3.8) is 0 Å². The van der Waals surface area contributed by atoms with Crippen LogP contribution in [0.4, 0.5) is 0 Å². The molecule has 0 atom stereocenters. The monoisotopic (exact) mass is 333 g/mol. The van der Waals surface area contributed by atoms with Gasteiger partial charge >= 0.3 is 0 Å². The molecule has 3 rings (SSSR count). The molecule has 0 aliphatic rings. The van der Waals surface area contributed by atoms with Crippen molar-refractivity contribution in [2.75, 3.05) is 0 Å². The molecule has 3 aromatic carbocycles. The molecule has 23 heavy (non-hydrogen) atoms. The zero-order valence-corrected chi connectivity index (χ0v) is 14.4. The average molecular weight is 333 g/mol. The largest absolute Gasteiger partial charge is 0.185 e. The van der Waals surface area contributed by atoms with Crippen molar-refractivity contribution in [3.8, 4) is 27.7 Å². The van der Waals surface area contributed by atoms with E-state index in [0.29, 0.717) is 0 Å². The Bertz CT molecular complexity index is 860. The Hall–Kier alpha value is -2.15. The Balaban J connectivity index is 1.93. The second-order valence-electron chi connectivity index (χ2n) is 5.29. The summed E-state index contributed by atoms with van der Waals surface area (Å²) in [7, 11) is 0. The lowest BCUT2D eigenvalue weighted by molar-refractivity contribution is 1.41. The van der Waals surface area contributed by atoms with Gasteiger partial charge in [0.1, 0.15) is 5.40 Å². The van der Waals surface area contributed by atoms with E-state index in [2.05, 4.69) is 67.4 Å². The maximum Gasteiger partial charge on any atom is 0.138 e. The topological polar surface area (TPSA) is 23.8 Å². The van der Waals surface area contributed by atoms with Crippen LogP contribution in [0.1, 0.15) is 5.56 Å². The summed E-state index contributed by atoms with van der Waals surface area (Å²) in [5.41, 5.74) is 6.02. The zero-order chi connectivity index (χ0) is 16.2. The van der Waals surface area contributed by atoms with E-state index in [-0.39, 0.29) is 0 Å². The van der Waals surface area contributed by atoms with E-state index in [4.69, 9.17) is 5.26 Å². The predicted octanol–water partition coefficient (Wildman–Crippen LogP) is 6.19. The fourth-order valence-corrected chi connectivity index (χ4v) is 3.10. The summed E-state index contributed by atoms with van der Waals surface area (Å²) in [5, 5.41) is 10.8. The number of thioether (sulfide) groups is 1. The summed E-state index contributed by atoms with van der Waals surface area (Å²) in [6, 6.07) is 22.8. The minimum Gasteiger partial charge on any atom is -0.185 e. The number of thiocyanates is 1. The van der Waals surface area contributed by atoms with Crippen LogP contribution >= 0.6 is 24.4 Å². The highest BCUT2D eigenvalue weighted by Gasteiger charge is 2.05.